The Hall–Kier alpha value is -2.40. The predicted molar refractivity (Wildman–Crippen MR) is 95.2 cm³/mol. The van der Waals surface area contributed by atoms with Crippen molar-refractivity contribution in [2.24, 2.45) is 5.73 Å². The molecule has 2 rings (SSSR count). The molecule has 24 heavy (non-hydrogen) atoms. The summed E-state index contributed by atoms with van der Waals surface area (Å²) < 4.78 is 5.73. The molecule has 1 amide bonds. The molecule has 0 aliphatic carbocycles. The number of nitrogens with one attached hydrogen (secondary N) is 1. The minimum Gasteiger partial charge on any atom is -0.493 e. The average Bonchev–Trinajstić information content (AvgIpc) is 2.55. The van der Waals surface area contributed by atoms with Gasteiger partial charge in [0.05, 0.1) is 23.9 Å². The van der Waals surface area contributed by atoms with Gasteiger partial charge in [-0.2, -0.15) is 0 Å². The molecule has 5 heteroatoms. The lowest BCUT2D eigenvalue weighted by atomic mass is 10.1. The number of nitrogens with zero attached hydrogens (tertiary/aromatic N) is 1. The van der Waals surface area contributed by atoms with Gasteiger partial charge >= 0.3 is 0 Å². The zero-order valence-electron chi connectivity index (χ0n) is 14.5. The third-order valence-electron chi connectivity index (χ3n) is 3.69. The summed E-state index contributed by atoms with van der Waals surface area (Å²) in [5.41, 5.74) is 8.83. The fraction of sp³-hybridized carbons (Fsp3) is 0.368. The molecule has 1 aromatic heterocycles. The van der Waals surface area contributed by atoms with E-state index in [2.05, 4.69) is 10.3 Å². The highest BCUT2D eigenvalue weighted by atomic mass is 16.5. The van der Waals surface area contributed by atoms with Crippen LogP contribution in [0.3, 0.4) is 0 Å². The number of carbonyl (C=O) groups is 1. The Balaban J connectivity index is 2.13. The summed E-state index contributed by atoms with van der Waals surface area (Å²) >= 11 is 0. The normalized spacial score (nSPS) is 11.8. The number of hydrogen-bond donors (Lipinski definition) is 2. The molecule has 0 aliphatic heterocycles. The van der Waals surface area contributed by atoms with E-state index >= 15 is 0 Å². The summed E-state index contributed by atoms with van der Waals surface area (Å²) in [4.78, 5) is 17.1. The number of hydrogen-bond acceptors (Lipinski definition) is 4. The number of ether oxygens (including phenoxy) is 1. The van der Waals surface area contributed by atoms with Gasteiger partial charge in [-0.1, -0.05) is 12.1 Å². The van der Waals surface area contributed by atoms with Crippen LogP contribution in [-0.4, -0.2) is 24.0 Å². The van der Waals surface area contributed by atoms with E-state index in [9.17, 15) is 4.79 Å². The number of rotatable bonds is 7. The lowest BCUT2D eigenvalue weighted by Gasteiger charge is -2.16. The van der Waals surface area contributed by atoms with Crippen LogP contribution in [0.25, 0.3) is 0 Å². The second-order valence-electron chi connectivity index (χ2n) is 5.89. The van der Waals surface area contributed by atoms with Crippen molar-refractivity contribution in [1.29, 1.82) is 0 Å². The minimum atomic E-state index is -0.185. The van der Waals surface area contributed by atoms with E-state index in [4.69, 9.17) is 10.5 Å². The van der Waals surface area contributed by atoms with Crippen molar-refractivity contribution >= 4 is 5.91 Å². The Morgan fingerprint density at radius 2 is 2.08 bits per heavy atom. The van der Waals surface area contributed by atoms with E-state index in [0.717, 1.165) is 23.4 Å². The van der Waals surface area contributed by atoms with Crippen molar-refractivity contribution in [2.45, 2.75) is 33.2 Å². The van der Waals surface area contributed by atoms with Gasteiger partial charge < -0.3 is 15.8 Å². The molecule has 1 aromatic carbocycles. The standard InChI is InChI=1S/C19H25N3O2/c1-13-8-9-16(18(12-13)24-11-5-10-20)19(23)22-15(3)17-7-4-6-14(2)21-17/h4,6-9,12,15H,5,10-11,20H2,1-3H3,(H,22,23)/t15-/m0/s1. The van der Waals surface area contributed by atoms with Gasteiger partial charge in [0.25, 0.3) is 5.91 Å². The Morgan fingerprint density at radius 1 is 1.29 bits per heavy atom. The highest BCUT2D eigenvalue weighted by Crippen LogP contribution is 2.22. The molecule has 0 unspecified atom stereocenters. The van der Waals surface area contributed by atoms with Gasteiger partial charge in [0.15, 0.2) is 0 Å². The van der Waals surface area contributed by atoms with E-state index in [-0.39, 0.29) is 11.9 Å². The van der Waals surface area contributed by atoms with Gasteiger partial charge in [-0.3, -0.25) is 9.78 Å². The summed E-state index contributed by atoms with van der Waals surface area (Å²) in [6.07, 6.45) is 0.749. The first kappa shape index (κ1) is 17.9. The van der Waals surface area contributed by atoms with E-state index in [1.807, 2.05) is 51.1 Å². The minimum absolute atomic E-state index is 0.173. The number of nitrogens with two attached hydrogens (primary N) is 1. The van der Waals surface area contributed by atoms with E-state index < -0.39 is 0 Å². The van der Waals surface area contributed by atoms with Gasteiger partial charge in [-0.05, 0) is 63.6 Å². The largest absolute Gasteiger partial charge is 0.493 e. The van der Waals surface area contributed by atoms with Gasteiger partial charge in [0.1, 0.15) is 5.75 Å². The molecular weight excluding hydrogens is 302 g/mol. The van der Waals surface area contributed by atoms with Gasteiger partial charge in [0, 0.05) is 5.69 Å². The van der Waals surface area contributed by atoms with E-state index in [1.54, 1.807) is 6.07 Å². The van der Waals surface area contributed by atoms with Crippen LogP contribution in [0.2, 0.25) is 0 Å². The van der Waals surface area contributed by atoms with Gasteiger partial charge in [-0.25, -0.2) is 0 Å². The van der Waals surface area contributed by atoms with Crippen LogP contribution in [0.4, 0.5) is 0 Å². The second kappa shape index (κ2) is 8.45. The van der Waals surface area contributed by atoms with Crippen molar-refractivity contribution in [1.82, 2.24) is 10.3 Å². The smallest absolute Gasteiger partial charge is 0.255 e. The van der Waals surface area contributed by atoms with Crippen LogP contribution >= 0.6 is 0 Å². The summed E-state index contributed by atoms with van der Waals surface area (Å²) in [5.74, 6) is 0.416. The third-order valence-corrected chi connectivity index (χ3v) is 3.69. The van der Waals surface area contributed by atoms with Crippen LogP contribution in [-0.2, 0) is 0 Å². The maximum Gasteiger partial charge on any atom is 0.255 e. The third kappa shape index (κ3) is 4.80. The van der Waals surface area contributed by atoms with E-state index in [1.165, 1.54) is 0 Å². The zero-order valence-corrected chi connectivity index (χ0v) is 14.5. The van der Waals surface area contributed by atoms with Crippen LogP contribution in [0, 0.1) is 13.8 Å². The number of amides is 1. The molecule has 0 saturated heterocycles. The highest BCUT2D eigenvalue weighted by Gasteiger charge is 2.16. The monoisotopic (exact) mass is 327 g/mol. The first-order chi connectivity index (χ1) is 11.5. The molecule has 0 bridgehead atoms. The summed E-state index contributed by atoms with van der Waals surface area (Å²) in [6.45, 7) is 6.87. The number of aryl methyl sites for hydroxylation is 2. The molecule has 0 fully saturated rings. The summed E-state index contributed by atoms with van der Waals surface area (Å²) in [6, 6.07) is 11.2. The molecule has 1 atom stereocenters. The lowest BCUT2D eigenvalue weighted by Crippen LogP contribution is -2.28. The number of aromatic nitrogens is 1. The molecule has 0 radical (unpaired) electrons. The second-order valence-corrected chi connectivity index (χ2v) is 5.89. The van der Waals surface area contributed by atoms with Crippen molar-refractivity contribution in [2.75, 3.05) is 13.2 Å². The number of benzene rings is 1. The van der Waals surface area contributed by atoms with Crippen LogP contribution in [0.1, 0.15) is 46.7 Å². The molecule has 0 spiro atoms. The number of carbonyl (C=O) groups excluding carboxylic acids is 1. The molecule has 3 N–H and O–H groups in total. The highest BCUT2D eigenvalue weighted by molar-refractivity contribution is 5.97. The van der Waals surface area contributed by atoms with Crippen LogP contribution in [0.5, 0.6) is 5.75 Å². The van der Waals surface area contributed by atoms with E-state index in [0.29, 0.717) is 24.5 Å². The van der Waals surface area contributed by atoms with Gasteiger partial charge in [0.2, 0.25) is 0 Å². The Labute approximate surface area is 143 Å². The molecule has 1 heterocycles. The van der Waals surface area contributed by atoms with Crippen molar-refractivity contribution in [3.8, 4) is 5.75 Å². The zero-order chi connectivity index (χ0) is 17.5. The topological polar surface area (TPSA) is 77.2 Å². The summed E-state index contributed by atoms with van der Waals surface area (Å²) in [7, 11) is 0. The molecule has 128 valence electrons. The fourth-order valence-corrected chi connectivity index (χ4v) is 2.36. The SMILES string of the molecule is Cc1ccc(C(=O)N[C@@H](C)c2cccc(C)n2)c(OCCCN)c1. The first-order valence-electron chi connectivity index (χ1n) is 8.19. The summed E-state index contributed by atoms with van der Waals surface area (Å²) in [5, 5.41) is 2.98. The maximum absolute atomic E-state index is 12.6. The molecule has 2 aromatic rings. The lowest BCUT2D eigenvalue weighted by molar-refractivity contribution is 0.0935. The quantitative estimate of drug-likeness (QED) is 0.767. The fourth-order valence-electron chi connectivity index (χ4n) is 2.36. The average molecular weight is 327 g/mol. The van der Waals surface area contributed by atoms with Gasteiger partial charge in [-0.15, -0.1) is 0 Å². The van der Waals surface area contributed by atoms with Crippen molar-refractivity contribution in [3.05, 3.63) is 58.9 Å². The van der Waals surface area contributed by atoms with Crippen molar-refractivity contribution < 1.29 is 9.53 Å². The molecule has 0 aliphatic rings. The van der Waals surface area contributed by atoms with Crippen molar-refractivity contribution in [3.63, 3.8) is 0 Å². The maximum atomic E-state index is 12.6. The Morgan fingerprint density at radius 3 is 2.79 bits per heavy atom. The van der Waals surface area contributed by atoms with Crippen LogP contribution < -0.4 is 15.8 Å². The van der Waals surface area contributed by atoms with Crippen LogP contribution in [0.15, 0.2) is 36.4 Å². The first-order valence-corrected chi connectivity index (χ1v) is 8.19. The number of pyridine rings is 1. The Bertz CT molecular complexity index is 701. The Kier molecular flexibility index (Phi) is 6.32. The molecular formula is C19H25N3O2. The predicted octanol–water partition coefficient (Wildman–Crippen LogP) is 2.92. The molecule has 0 saturated carbocycles. The molecule has 5 nitrogen and oxygen atoms in total.